The van der Waals surface area contributed by atoms with Crippen LogP contribution in [0.15, 0.2) is 18.1 Å². The normalized spacial score (nSPS) is 20.8. The molecule has 0 unspecified atom stereocenters. The second kappa shape index (κ2) is 6.85. The number of rotatable bonds is 5. The van der Waals surface area contributed by atoms with Gasteiger partial charge in [-0.3, -0.25) is 4.68 Å². The van der Waals surface area contributed by atoms with Crippen molar-refractivity contribution in [1.29, 1.82) is 0 Å². The van der Waals surface area contributed by atoms with Gasteiger partial charge in [0.05, 0.1) is 36.2 Å². The minimum atomic E-state index is -0.988. The van der Waals surface area contributed by atoms with Gasteiger partial charge in [-0.15, -0.1) is 0 Å². The van der Waals surface area contributed by atoms with Crippen molar-refractivity contribution in [2.24, 2.45) is 0 Å². The highest BCUT2D eigenvalue weighted by atomic mass is 19.1. The second-order valence-corrected chi connectivity index (χ2v) is 8.51. The molecule has 0 saturated carbocycles. The van der Waals surface area contributed by atoms with Crippen LogP contribution in [0.25, 0.3) is 5.57 Å². The van der Waals surface area contributed by atoms with Gasteiger partial charge < -0.3 is 14.0 Å². The quantitative estimate of drug-likeness (QED) is 0.751. The van der Waals surface area contributed by atoms with Crippen LogP contribution in [0.2, 0.25) is 0 Å². The average molecular weight is 352 g/mol. The summed E-state index contributed by atoms with van der Waals surface area (Å²) in [6.45, 7) is 16.5. The Balaban J connectivity index is 2.07. The number of allylic oxidation sites excluding steroid dienone is 1. The highest BCUT2D eigenvalue weighted by Gasteiger charge is 2.53. The third-order valence-corrected chi connectivity index (χ3v) is 4.74. The van der Waals surface area contributed by atoms with E-state index in [1.54, 1.807) is 17.8 Å². The van der Waals surface area contributed by atoms with Crippen molar-refractivity contribution in [3.05, 3.63) is 23.7 Å². The maximum Gasteiger partial charge on any atom is 0.525 e. The van der Waals surface area contributed by atoms with E-state index in [0.717, 1.165) is 0 Å². The number of hydrogen-bond donors (Lipinski definition) is 0. The summed E-state index contributed by atoms with van der Waals surface area (Å²) >= 11 is 0. The zero-order chi connectivity index (χ0) is 19.0. The summed E-state index contributed by atoms with van der Waals surface area (Å²) in [5.74, 6) is 0. The zero-order valence-corrected chi connectivity index (χ0v) is 16.6. The van der Waals surface area contributed by atoms with E-state index in [1.807, 2.05) is 54.7 Å². The van der Waals surface area contributed by atoms with Crippen molar-refractivity contribution in [2.75, 3.05) is 6.61 Å². The first-order chi connectivity index (χ1) is 11.3. The van der Waals surface area contributed by atoms with Gasteiger partial charge in [-0.2, -0.15) is 5.10 Å². The molecule has 1 aliphatic rings. The molecule has 2 rings (SSSR count). The van der Waals surface area contributed by atoms with Crippen molar-refractivity contribution in [2.45, 2.75) is 78.7 Å². The molecule has 0 aromatic carbocycles. The molecule has 140 valence electrons. The second-order valence-electron chi connectivity index (χ2n) is 8.51. The van der Waals surface area contributed by atoms with Crippen molar-refractivity contribution in [1.82, 2.24) is 9.78 Å². The molecule has 0 atom stereocenters. The average Bonchev–Trinajstić information content (AvgIpc) is 2.99. The molecule has 7 heteroatoms. The van der Waals surface area contributed by atoms with E-state index >= 15 is 0 Å². The molecular formula is C18H30BFN2O3. The molecule has 1 aromatic rings. The van der Waals surface area contributed by atoms with E-state index in [1.165, 1.54) is 0 Å². The Bertz CT molecular complexity index is 631. The minimum absolute atomic E-state index is 0.186. The van der Waals surface area contributed by atoms with Gasteiger partial charge >= 0.3 is 7.12 Å². The van der Waals surface area contributed by atoms with Crippen LogP contribution in [0.3, 0.4) is 0 Å². The zero-order valence-electron chi connectivity index (χ0n) is 16.6. The Hall–Kier alpha value is -1.18. The van der Waals surface area contributed by atoms with Crippen LogP contribution in [0, 0.1) is 0 Å². The van der Waals surface area contributed by atoms with Crippen LogP contribution in [-0.2, 0) is 20.6 Å². The number of halogens is 1. The summed E-state index contributed by atoms with van der Waals surface area (Å²) in [4.78, 5) is 0. The predicted octanol–water partition coefficient (Wildman–Crippen LogP) is 4.03. The standard InChI is InChI=1S/C18H30BFN2O3/c1-13(15(20)19-24-17(5,6)18(7,8)25-19)14-11-21-22(12-14)9-10-23-16(2,3)4/h11-12H,9-10H2,1-8H3. The lowest BCUT2D eigenvalue weighted by molar-refractivity contribution is -0.00789. The van der Waals surface area contributed by atoms with Gasteiger partial charge in [-0.1, -0.05) is 0 Å². The van der Waals surface area contributed by atoms with E-state index in [2.05, 4.69) is 5.10 Å². The lowest BCUT2D eigenvalue weighted by atomic mass is 9.84. The Kier molecular flexibility index (Phi) is 5.52. The maximum absolute atomic E-state index is 14.9. The molecule has 0 aliphatic carbocycles. The van der Waals surface area contributed by atoms with E-state index in [0.29, 0.717) is 24.3 Å². The molecule has 0 bridgehead atoms. The summed E-state index contributed by atoms with van der Waals surface area (Å²) in [7, 11) is -0.988. The smallest absolute Gasteiger partial charge is 0.398 e. The van der Waals surface area contributed by atoms with Crippen LogP contribution in [0.5, 0.6) is 0 Å². The molecule has 0 N–H and O–H groups in total. The first kappa shape index (κ1) is 20.1. The van der Waals surface area contributed by atoms with E-state index in [-0.39, 0.29) is 5.60 Å². The number of nitrogens with zero attached hydrogens (tertiary/aromatic N) is 2. The van der Waals surface area contributed by atoms with Crippen LogP contribution in [-0.4, -0.2) is 40.3 Å². The summed E-state index contributed by atoms with van der Waals surface area (Å²) in [6, 6.07) is 0. The summed E-state index contributed by atoms with van der Waals surface area (Å²) in [5, 5.41) is 4.28. The number of ether oxygens (including phenoxy) is 1. The van der Waals surface area contributed by atoms with Crippen LogP contribution >= 0.6 is 0 Å². The molecule has 5 nitrogen and oxygen atoms in total. The fourth-order valence-electron chi connectivity index (χ4n) is 2.39. The van der Waals surface area contributed by atoms with Crippen molar-refractivity contribution in [3.63, 3.8) is 0 Å². The van der Waals surface area contributed by atoms with Gasteiger partial charge in [-0.25, -0.2) is 4.39 Å². The fraction of sp³-hybridized carbons (Fsp3) is 0.722. The topological polar surface area (TPSA) is 45.5 Å². The number of hydrogen-bond acceptors (Lipinski definition) is 4. The van der Waals surface area contributed by atoms with E-state index in [4.69, 9.17) is 14.0 Å². The van der Waals surface area contributed by atoms with Crippen LogP contribution < -0.4 is 0 Å². The van der Waals surface area contributed by atoms with E-state index < -0.39 is 24.0 Å². The Morgan fingerprint density at radius 2 is 1.80 bits per heavy atom. The molecule has 0 radical (unpaired) electrons. The maximum atomic E-state index is 14.9. The van der Waals surface area contributed by atoms with Crippen molar-refractivity contribution in [3.8, 4) is 0 Å². The lowest BCUT2D eigenvalue weighted by Gasteiger charge is -2.32. The monoisotopic (exact) mass is 352 g/mol. The molecule has 0 amide bonds. The molecule has 1 aromatic heterocycles. The molecular weight excluding hydrogens is 322 g/mol. The van der Waals surface area contributed by atoms with Gasteiger partial charge in [0, 0.05) is 11.8 Å². The summed E-state index contributed by atoms with van der Waals surface area (Å²) < 4.78 is 33.9. The molecule has 25 heavy (non-hydrogen) atoms. The summed E-state index contributed by atoms with van der Waals surface area (Å²) in [5.41, 5.74) is -0.545. The van der Waals surface area contributed by atoms with Crippen LogP contribution in [0.4, 0.5) is 4.39 Å². The molecule has 1 fully saturated rings. The highest BCUT2D eigenvalue weighted by Crippen LogP contribution is 2.40. The molecule has 1 aliphatic heterocycles. The largest absolute Gasteiger partial charge is 0.525 e. The van der Waals surface area contributed by atoms with Gasteiger partial charge in [-0.05, 0) is 61.0 Å². The predicted molar refractivity (Wildman–Crippen MR) is 97.7 cm³/mol. The molecule has 1 saturated heterocycles. The van der Waals surface area contributed by atoms with Gasteiger partial charge in [0.2, 0.25) is 0 Å². The van der Waals surface area contributed by atoms with Gasteiger partial charge in [0.1, 0.15) is 5.73 Å². The van der Waals surface area contributed by atoms with Gasteiger partial charge in [0.25, 0.3) is 0 Å². The van der Waals surface area contributed by atoms with Gasteiger partial charge in [0.15, 0.2) is 0 Å². The van der Waals surface area contributed by atoms with Crippen molar-refractivity contribution < 1.29 is 18.4 Å². The SMILES string of the molecule is CC(=C(F)B1OC(C)(C)C(C)(C)O1)c1cnn(CCOC(C)(C)C)c1. The Morgan fingerprint density at radius 1 is 1.24 bits per heavy atom. The number of aromatic nitrogens is 2. The summed E-state index contributed by atoms with van der Waals surface area (Å²) in [6.07, 6.45) is 3.46. The molecule has 0 spiro atoms. The highest BCUT2D eigenvalue weighted by molar-refractivity contribution is 6.55. The lowest BCUT2D eigenvalue weighted by Crippen LogP contribution is -2.41. The third kappa shape index (κ3) is 4.71. The first-order valence-electron chi connectivity index (χ1n) is 8.71. The van der Waals surface area contributed by atoms with Crippen molar-refractivity contribution >= 4 is 12.7 Å². The Morgan fingerprint density at radius 3 is 2.32 bits per heavy atom. The molecule has 2 heterocycles. The Labute approximate surface area is 150 Å². The van der Waals surface area contributed by atoms with E-state index in [9.17, 15) is 4.39 Å². The first-order valence-corrected chi connectivity index (χ1v) is 8.71. The fourth-order valence-corrected chi connectivity index (χ4v) is 2.39. The third-order valence-electron chi connectivity index (χ3n) is 4.74. The minimum Gasteiger partial charge on any atom is -0.398 e. The van der Waals surface area contributed by atoms with Crippen LogP contribution in [0.1, 0.15) is 61.0 Å².